The van der Waals surface area contributed by atoms with Crippen LogP contribution >= 0.6 is 0 Å². The van der Waals surface area contributed by atoms with E-state index in [0.29, 0.717) is 11.4 Å². The zero-order chi connectivity index (χ0) is 21.6. The molecule has 4 rings (SSSR count). The summed E-state index contributed by atoms with van der Waals surface area (Å²) >= 11 is 0. The fourth-order valence-electron chi connectivity index (χ4n) is 3.75. The van der Waals surface area contributed by atoms with Crippen molar-refractivity contribution in [3.8, 4) is 5.69 Å². The molecule has 2 aromatic carbocycles. The highest BCUT2D eigenvalue weighted by Gasteiger charge is 2.26. The lowest BCUT2D eigenvalue weighted by molar-refractivity contribution is 0.102. The average Bonchev–Trinajstić information content (AvgIpc) is 3.19. The van der Waals surface area contributed by atoms with E-state index in [0.717, 1.165) is 33.8 Å². The van der Waals surface area contributed by atoms with Crippen LogP contribution in [0.5, 0.6) is 0 Å². The molecular weight excluding hydrogens is 374 g/mol. The van der Waals surface area contributed by atoms with Crippen molar-refractivity contribution in [2.24, 2.45) is 7.05 Å². The normalized spacial score (nSPS) is 11.8. The zero-order valence-corrected chi connectivity index (χ0v) is 18.3. The largest absolute Gasteiger partial charge is 0.331 e. The van der Waals surface area contributed by atoms with Crippen LogP contribution in [0.25, 0.3) is 16.7 Å². The molecule has 0 unspecified atom stereocenters. The Balaban J connectivity index is 1.77. The first kappa shape index (κ1) is 19.9. The minimum absolute atomic E-state index is 0.145. The molecule has 1 N–H and O–H groups in total. The predicted octanol–water partition coefficient (Wildman–Crippen LogP) is 4.93. The van der Waals surface area contributed by atoms with Crippen LogP contribution in [0.15, 0.2) is 48.5 Å². The van der Waals surface area contributed by atoms with Gasteiger partial charge in [0.15, 0.2) is 0 Å². The van der Waals surface area contributed by atoms with Gasteiger partial charge < -0.3 is 9.88 Å². The number of nitrogens with zero attached hydrogens (tertiary/aromatic N) is 4. The summed E-state index contributed by atoms with van der Waals surface area (Å²) in [5, 5.41) is 7.95. The van der Waals surface area contributed by atoms with E-state index in [1.54, 1.807) is 0 Å². The van der Waals surface area contributed by atoms with E-state index in [9.17, 15) is 4.79 Å². The molecule has 0 spiro atoms. The van der Waals surface area contributed by atoms with E-state index in [1.165, 1.54) is 0 Å². The molecule has 4 aromatic rings. The van der Waals surface area contributed by atoms with Crippen LogP contribution in [0.1, 0.15) is 48.2 Å². The van der Waals surface area contributed by atoms with Gasteiger partial charge in [-0.25, -0.2) is 9.67 Å². The molecule has 0 saturated carbocycles. The third-order valence-electron chi connectivity index (χ3n) is 5.43. The fraction of sp³-hybridized carbons (Fsp3) is 0.292. The van der Waals surface area contributed by atoms with E-state index in [-0.39, 0.29) is 11.3 Å². The number of hydrogen-bond acceptors (Lipinski definition) is 3. The lowest BCUT2D eigenvalue weighted by Gasteiger charge is -2.16. The monoisotopic (exact) mass is 401 g/mol. The van der Waals surface area contributed by atoms with Gasteiger partial charge in [-0.15, -0.1) is 0 Å². The summed E-state index contributed by atoms with van der Waals surface area (Å²) < 4.78 is 3.83. The topological polar surface area (TPSA) is 64.7 Å². The number of rotatable bonds is 3. The number of para-hydroxylation sites is 1. The van der Waals surface area contributed by atoms with E-state index in [4.69, 9.17) is 5.10 Å². The molecule has 0 bridgehead atoms. The summed E-state index contributed by atoms with van der Waals surface area (Å²) in [6.45, 7) is 10.3. The minimum Gasteiger partial charge on any atom is -0.331 e. The molecule has 6 heteroatoms. The highest BCUT2D eigenvalue weighted by molar-refractivity contribution is 6.06. The number of aryl methyl sites for hydroxylation is 2. The highest BCUT2D eigenvalue weighted by Crippen LogP contribution is 2.31. The summed E-state index contributed by atoms with van der Waals surface area (Å²) in [4.78, 5) is 17.7. The van der Waals surface area contributed by atoms with Crippen LogP contribution < -0.4 is 5.32 Å². The number of hydrogen-bond donors (Lipinski definition) is 1. The first-order chi connectivity index (χ1) is 14.2. The zero-order valence-electron chi connectivity index (χ0n) is 18.3. The molecule has 6 nitrogen and oxygen atoms in total. The Kier molecular flexibility index (Phi) is 4.73. The van der Waals surface area contributed by atoms with Crippen LogP contribution in [0.2, 0.25) is 0 Å². The SMILES string of the molecule is Cc1c(C(C)(C)C)nn(-c2ccccc2)c1NC(=O)c1ccc2c(c1)nc(C)n2C. The third-order valence-corrected chi connectivity index (χ3v) is 5.43. The number of aromatic nitrogens is 4. The third kappa shape index (κ3) is 3.38. The molecule has 2 heterocycles. The van der Waals surface area contributed by atoms with Gasteiger partial charge in [0.2, 0.25) is 0 Å². The molecule has 0 aliphatic rings. The quantitative estimate of drug-likeness (QED) is 0.530. The molecule has 0 radical (unpaired) electrons. The molecule has 30 heavy (non-hydrogen) atoms. The minimum atomic E-state index is -0.180. The summed E-state index contributed by atoms with van der Waals surface area (Å²) in [5.74, 6) is 1.42. The maximum absolute atomic E-state index is 13.2. The van der Waals surface area contributed by atoms with Crippen molar-refractivity contribution in [3.63, 3.8) is 0 Å². The predicted molar refractivity (Wildman–Crippen MR) is 120 cm³/mol. The van der Waals surface area contributed by atoms with E-state index < -0.39 is 0 Å². The van der Waals surface area contributed by atoms with Crippen LogP contribution in [0, 0.1) is 13.8 Å². The summed E-state index contributed by atoms with van der Waals surface area (Å²) in [7, 11) is 1.97. The van der Waals surface area contributed by atoms with E-state index in [2.05, 4.69) is 31.1 Å². The van der Waals surface area contributed by atoms with Crippen molar-refractivity contribution in [1.29, 1.82) is 0 Å². The summed E-state index contributed by atoms with van der Waals surface area (Å²) in [6, 6.07) is 15.5. The molecule has 2 aromatic heterocycles. The summed E-state index contributed by atoms with van der Waals surface area (Å²) in [5.41, 5.74) is 5.07. The van der Waals surface area contributed by atoms with Gasteiger partial charge in [0, 0.05) is 23.6 Å². The Bertz CT molecular complexity index is 1240. The Morgan fingerprint density at radius 1 is 1.03 bits per heavy atom. The Hall–Kier alpha value is -3.41. The van der Waals surface area contributed by atoms with Crippen molar-refractivity contribution in [2.75, 3.05) is 5.32 Å². The van der Waals surface area contributed by atoms with Crippen molar-refractivity contribution >= 4 is 22.8 Å². The second kappa shape index (κ2) is 7.13. The molecular formula is C24H27N5O. The number of anilines is 1. The van der Waals surface area contributed by atoms with Crippen LogP contribution in [-0.2, 0) is 12.5 Å². The molecule has 0 saturated heterocycles. The fourth-order valence-corrected chi connectivity index (χ4v) is 3.75. The van der Waals surface area contributed by atoms with Crippen molar-refractivity contribution < 1.29 is 4.79 Å². The first-order valence-electron chi connectivity index (χ1n) is 10.1. The number of fused-ring (bicyclic) bond motifs is 1. The van der Waals surface area contributed by atoms with Gasteiger partial charge in [-0.1, -0.05) is 39.0 Å². The average molecular weight is 402 g/mol. The molecule has 1 amide bonds. The number of nitrogens with one attached hydrogen (secondary N) is 1. The lowest BCUT2D eigenvalue weighted by atomic mass is 9.90. The Morgan fingerprint density at radius 2 is 1.73 bits per heavy atom. The van der Waals surface area contributed by atoms with Gasteiger partial charge in [0.25, 0.3) is 5.91 Å². The maximum atomic E-state index is 13.2. The number of amides is 1. The molecule has 0 aliphatic carbocycles. The molecule has 0 fully saturated rings. The van der Waals surface area contributed by atoms with Crippen molar-refractivity contribution in [2.45, 2.75) is 40.0 Å². The van der Waals surface area contributed by atoms with Gasteiger partial charge in [0.1, 0.15) is 11.6 Å². The van der Waals surface area contributed by atoms with Gasteiger partial charge in [-0.3, -0.25) is 4.79 Å². The first-order valence-corrected chi connectivity index (χ1v) is 10.1. The molecule has 0 atom stereocenters. The van der Waals surface area contributed by atoms with Crippen molar-refractivity contribution in [3.05, 3.63) is 71.2 Å². The number of carbonyl (C=O) groups is 1. The Morgan fingerprint density at radius 3 is 2.40 bits per heavy atom. The number of imidazole rings is 1. The summed E-state index contributed by atoms with van der Waals surface area (Å²) in [6.07, 6.45) is 0. The number of carbonyl (C=O) groups excluding carboxylic acids is 1. The van der Waals surface area contributed by atoms with Crippen LogP contribution in [-0.4, -0.2) is 25.2 Å². The van der Waals surface area contributed by atoms with Crippen LogP contribution in [0.4, 0.5) is 5.82 Å². The smallest absolute Gasteiger partial charge is 0.256 e. The molecule has 0 aliphatic heterocycles. The van der Waals surface area contributed by atoms with E-state index >= 15 is 0 Å². The molecule has 154 valence electrons. The van der Waals surface area contributed by atoms with Crippen molar-refractivity contribution in [1.82, 2.24) is 19.3 Å². The van der Waals surface area contributed by atoms with Gasteiger partial charge in [-0.2, -0.15) is 5.10 Å². The second-order valence-electron chi connectivity index (χ2n) is 8.70. The van der Waals surface area contributed by atoms with Gasteiger partial charge in [-0.05, 0) is 44.2 Å². The standard InChI is InChI=1S/C24H27N5O/c1-15-21(24(3,4)5)27-29(18-10-8-7-9-11-18)22(15)26-23(30)17-12-13-20-19(14-17)25-16(2)28(20)6/h7-14H,1-6H3,(H,26,30). The maximum Gasteiger partial charge on any atom is 0.256 e. The van der Waals surface area contributed by atoms with Crippen LogP contribution in [0.3, 0.4) is 0 Å². The van der Waals surface area contributed by atoms with Gasteiger partial charge >= 0.3 is 0 Å². The Labute approximate surface area is 176 Å². The highest BCUT2D eigenvalue weighted by atomic mass is 16.1. The van der Waals surface area contributed by atoms with E-state index in [1.807, 2.05) is 78.7 Å². The van der Waals surface area contributed by atoms with Gasteiger partial charge in [0.05, 0.1) is 22.4 Å². The number of benzene rings is 2. The lowest BCUT2D eigenvalue weighted by Crippen LogP contribution is -2.16. The second-order valence-corrected chi connectivity index (χ2v) is 8.70.